The summed E-state index contributed by atoms with van der Waals surface area (Å²) in [5.41, 5.74) is 0. The van der Waals surface area contributed by atoms with Crippen LogP contribution in [0, 0.1) is 77.0 Å². The zero-order valence-corrected chi connectivity index (χ0v) is 22.7. The summed E-state index contributed by atoms with van der Waals surface area (Å²) in [6, 6.07) is 0. The van der Waals surface area contributed by atoms with Gasteiger partial charge in [-0.2, -0.15) is 0 Å². The first kappa shape index (κ1) is 35.8. The van der Waals surface area contributed by atoms with Gasteiger partial charge in [-0.05, 0) is 103 Å². The van der Waals surface area contributed by atoms with E-state index in [0.29, 0.717) is 0 Å². The molecule has 0 saturated carbocycles. The molecule has 0 spiro atoms. The Morgan fingerprint density at radius 1 is 0.538 bits per heavy atom. The summed E-state index contributed by atoms with van der Waals surface area (Å²) in [5, 5.41) is 0. The molecule has 0 amide bonds. The van der Waals surface area contributed by atoms with Crippen molar-refractivity contribution >= 4 is 38.8 Å². The molecule has 0 aromatic rings. The number of rotatable bonds is 10. The zero-order valence-electron chi connectivity index (χ0n) is 16.2. The SMILES string of the molecule is [CH2][C](C)[CH]CC[CH][C]([CH2])C.[CH2][C](C)[CH]CC[CH][C]([CH2])C.[Cl][Ru][Cl].[Cl][Ru][Cl]. The summed E-state index contributed by atoms with van der Waals surface area (Å²) in [7, 11) is 19.4. The van der Waals surface area contributed by atoms with Crippen LogP contribution in [0.3, 0.4) is 0 Å². The molecule has 26 heavy (non-hydrogen) atoms. The van der Waals surface area contributed by atoms with E-state index in [2.05, 4.69) is 53.4 Å². The predicted octanol–water partition coefficient (Wildman–Crippen LogP) is 8.82. The van der Waals surface area contributed by atoms with Gasteiger partial charge in [0.25, 0.3) is 0 Å². The second-order valence-electron chi connectivity index (χ2n) is 5.46. The Bertz CT molecular complexity index is 172. The van der Waals surface area contributed by atoms with Crippen LogP contribution in [0.25, 0.3) is 0 Å². The van der Waals surface area contributed by atoms with Crippen molar-refractivity contribution in [2.75, 3.05) is 0 Å². The molecular formula is C20H32Cl4Ru2. The first-order valence-electron chi connectivity index (χ1n) is 7.74. The molecule has 12 radical (unpaired) electrons. The van der Waals surface area contributed by atoms with Gasteiger partial charge in [0.2, 0.25) is 0 Å². The van der Waals surface area contributed by atoms with Gasteiger partial charge in [0.1, 0.15) is 0 Å². The number of hydrogen-bond acceptors (Lipinski definition) is 0. The van der Waals surface area contributed by atoms with Gasteiger partial charge >= 0.3 is 69.1 Å². The maximum atomic E-state index is 4.85. The molecule has 0 aliphatic heterocycles. The Balaban J connectivity index is -0.000000143. The summed E-state index contributed by atoms with van der Waals surface area (Å²) >= 11 is -0.691. The third-order valence-electron chi connectivity index (χ3n) is 2.30. The molecule has 0 rings (SSSR count). The van der Waals surface area contributed by atoms with Crippen LogP contribution in [0.1, 0.15) is 53.4 Å². The van der Waals surface area contributed by atoms with Crippen molar-refractivity contribution in [3.8, 4) is 0 Å². The molecule has 0 fully saturated rings. The molecule has 0 unspecified atom stereocenters. The van der Waals surface area contributed by atoms with Crippen LogP contribution in [-0.4, -0.2) is 0 Å². The third-order valence-corrected chi connectivity index (χ3v) is 2.30. The monoisotopic (exact) mass is 616 g/mol. The van der Waals surface area contributed by atoms with Crippen molar-refractivity contribution in [1.82, 2.24) is 0 Å². The Kier molecular flexibility index (Phi) is 44.2. The normalized spacial score (nSPS) is 10.5. The molecule has 0 nitrogen and oxygen atoms in total. The topological polar surface area (TPSA) is 0 Å². The van der Waals surface area contributed by atoms with Crippen LogP contribution in [-0.2, 0) is 30.3 Å². The molecule has 0 saturated heterocycles. The number of halogens is 4. The van der Waals surface area contributed by atoms with Crippen LogP contribution in [0.5, 0.6) is 0 Å². The zero-order chi connectivity index (χ0) is 21.4. The van der Waals surface area contributed by atoms with E-state index in [9.17, 15) is 0 Å². The Hall–Kier alpha value is 2.41. The van der Waals surface area contributed by atoms with Gasteiger partial charge in [0, 0.05) is 0 Å². The van der Waals surface area contributed by atoms with Gasteiger partial charge in [-0.1, -0.05) is 27.7 Å². The van der Waals surface area contributed by atoms with Crippen molar-refractivity contribution in [3.63, 3.8) is 0 Å². The Morgan fingerprint density at radius 2 is 0.654 bits per heavy atom. The van der Waals surface area contributed by atoms with Crippen LogP contribution in [0.2, 0.25) is 0 Å². The Morgan fingerprint density at radius 3 is 0.731 bits per heavy atom. The van der Waals surface area contributed by atoms with Crippen LogP contribution < -0.4 is 0 Å². The van der Waals surface area contributed by atoms with E-state index < -0.39 is 0 Å². The molecule has 0 aliphatic carbocycles. The number of hydrogen-bond donors (Lipinski definition) is 0. The molecule has 0 N–H and O–H groups in total. The minimum absolute atomic E-state index is 0.346. The molecule has 0 aromatic carbocycles. The van der Waals surface area contributed by atoms with E-state index >= 15 is 0 Å². The van der Waals surface area contributed by atoms with Crippen molar-refractivity contribution in [2.24, 2.45) is 0 Å². The van der Waals surface area contributed by atoms with Gasteiger partial charge in [0.15, 0.2) is 0 Å². The van der Waals surface area contributed by atoms with Crippen LogP contribution in [0.4, 0.5) is 0 Å². The van der Waals surface area contributed by atoms with Gasteiger partial charge in [-0.15, -0.1) is 0 Å². The van der Waals surface area contributed by atoms with Gasteiger partial charge < -0.3 is 0 Å². The second kappa shape index (κ2) is 32.1. The fourth-order valence-corrected chi connectivity index (χ4v) is 1.32. The van der Waals surface area contributed by atoms with Crippen LogP contribution in [0.15, 0.2) is 0 Å². The molecule has 0 bridgehead atoms. The van der Waals surface area contributed by atoms with Crippen molar-refractivity contribution in [3.05, 3.63) is 77.0 Å². The average Bonchev–Trinajstić information content (AvgIpc) is 2.50. The molecule has 0 heterocycles. The van der Waals surface area contributed by atoms with Gasteiger partial charge in [-0.3, -0.25) is 0 Å². The van der Waals surface area contributed by atoms with E-state index in [1.165, 1.54) is 0 Å². The molecule has 0 atom stereocenters. The van der Waals surface area contributed by atoms with E-state index in [-0.39, 0.29) is 30.3 Å². The average molecular weight is 616 g/mol. The predicted molar refractivity (Wildman–Crippen MR) is 116 cm³/mol. The van der Waals surface area contributed by atoms with E-state index in [1.54, 1.807) is 0 Å². The quantitative estimate of drug-likeness (QED) is 0.170. The summed E-state index contributed by atoms with van der Waals surface area (Å²) < 4.78 is 0. The first-order chi connectivity index (χ1) is 12.1. The molecule has 0 aromatic heterocycles. The van der Waals surface area contributed by atoms with Crippen molar-refractivity contribution < 1.29 is 30.3 Å². The fraction of sp³-hybridized carbons (Fsp3) is 0.400. The molecule has 6 heteroatoms. The molecule has 0 aliphatic rings. The summed E-state index contributed by atoms with van der Waals surface area (Å²) in [6.07, 6.45) is 12.9. The summed E-state index contributed by atoms with van der Waals surface area (Å²) in [5.74, 6) is 4.59. The maximum absolute atomic E-state index is 4.85. The third kappa shape index (κ3) is 63.3. The fourth-order valence-electron chi connectivity index (χ4n) is 1.32. The number of unbranched alkanes of at least 4 members (excludes halogenated alkanes) is 2. The molecular weight excluding hydrogens is 584 g/mol. The summed E-state index contributed by atoms with van der Waals surface area (Å²) in [6.45, 7) is 23.2. The Labute approximate surface area is 198 Å². The minimum atomic E-state index is -0.346. The van der Waals surface area contributed by atoms with Crippen LogP contribution >= 0.6 is 38.8 Å². The summed E-state index contributed by atoms with van der Waals surface area (Å²) in [4.78, 5) is 0. The molecule has 156 valence electrons. The second-order valence-corrected chi connectivity index (χ2v) is 10.7. The van der Waals surface area contributed by atoms with Gasteiger partial charge in [-0.25, -0.2) is 0 Å². The van der Waals surface area contributed by atoms with Crippen molar-refractivity contribution in [2.45, 2.75) is 53.4 Å². The van der Waals surface area contributed by atoms with E-state index in [1.807, 2.05) is 27.7 Å². The van der Waals surface area contributed by atoms with Gasteiger partial charge in [0.05, 0.1) is 0 Å². The van der Waals surface area contributed by atoms with E-state index in [4.69, 9.17) is 38.8 Å². The first-order valence-corrected chi connectivity index (χ1v) is 16.7. The standard InChI is InChI=1S/2C10H16.4ClH.2Ru/c2*1-9(2)7-5-6-8-10(3)4;;;;;;/h2*7-8H,1,3,5-6H2,2,4H3;4*1H;;/q;;;;;;2*+2/p-4. The van der Waals surface area contributed by atoms with Crippen molar-refractivity contribution in [1.29, 1.82) is 0 Å². The van der Waals surface area contributed by atoms with E-state index in [0.717, 1.165) is 49.4 Å².